The second-order valence-corrected chi connectivity index (χ2v) is 5.00. The fraction of sp³-hybridized carbons (Fsp3) is 0.312. The number of nitrogens with two attached hydrogens (primary N) is 1. The van der Waals surface area contributed by atoms with Gasteiger partial charge in [-0.05, 0) is 43.2 Å². The van der Waals surface area contributed by atoms with E-state index in [0.29, 0.717) is 19.3 Å². The average Bonchev–Trinajstić information content (AvgIpc) is 2.89. The Bertz CT molecular complexity index is 549. The fourth-order valence-electron chi connectivity index (χ4n) is 2.14. The van der Waals surface area contributed by atoms with Gasteiger partial charge in [0, 0.05) is 24.6 Å². The van der Waals surface area contributed by atoms with Gasteiger partial charge in [0.05, 0.1) is 6.26 Å². The number of carbonyl (C=O) groups excluding carboxylic acids is 1. The molecule has 106 valence electrons. The van der Waals surface area contributed by atoms with Crippen LogP contribution >= 0.6 is 0 Å². The Balaban J connectivity index is 1.75. The molecular weight excluding hydrogens is 252 g/mol. The first-order chi connectivity index (χ1) is 9.63. The second kappa shape index (κ2) is 6.80. The summed E-state index contributed by atoms with van der Waals surface area (Å²) in [6.45, 7) is 1.97. The highest BCUT2D eigenvalue weighted by Gasteiger charge is 2.09. The fourth-order valence-corrected chi connectivity index (χ4v) is 2.14. The highest BCUT2D eigenvalue weighted by atomic mass is 16.3. The number of anilines is 1. The van der Waals surface area contributed by atoms with Crippen molar-refractivity contribution in [2.24, 2.45) is 0 Å². The Morgan fingerprint density at radius 3 is 2.90 bits per heavy atom. The van der Waals surface area contributed by atoms with Gasteiger partial charge in [-0.25, -0.2) is 0 Å². The van der Waals surface area contributed by atoms with Crippen LogP contribution in [-0.2, 0) is 17.6 Å². The van der Waals surface area contributed by atoms with Crippen LogP contribution in [0, 0.1) is 0 Å². The van der Waals surface area contributed by atoms with Gasteiger partial charge >= 0.3 is 0 Å². The van der Waals surface area contributed by atoms with Crippen molar-refractivity contribution in [1.82, 2.24) is 5.32 Å². The zero-order chi connectivity index (χ0) is 14.4. The molecule has 2 rings (SSSR count). The van der Waals surface area contributed by atoms with Crippen molar-refractivity contribution >= 4 is 11.6 Å². The van der Waals surface area contributed by atoms with Gasteiger partial charge in [0.15, 0.2) is 0 Å². The lowest BCUT2D eigenvalue weighted by atomic mass is 10.1. The third-order valence-electron chi connectivity index (χ3n) is 3.09. The predicted octanol–water partition coefficient (Wildman–Crippen LogP) is 2.54. The van der Waals surface area contributed by atoms with E-state index in [2.05, 4.69) is 5.32 Å². The molecule has 1 heterocycles. The van der Waals surface area contributed by atoms with Crippen LogP contribution in [0.15, 0.2) is 47.1 Å². The normalized spacial score (nSPS) is 12.1. The van der Waals surface area contributed by atoms with E-state index < -0.39 is 0 Å². The minimum absolute atomic E-state index is 0.0477. The lowest BCUT2D eigenvalue weighted by Crippen LogP contribution is -2.34. The smallest absolute Gasteiger partial charge is 0.220 e. The molecule has 0 radical (unpaired) electrons. The van der Waals surface area contributed by atoms with Crippen molar-refractivity contribution in [2.45, 2.75) is 32.2 Å². The Morgan fingerprint density at radius 2 is 2.20 bits per heavy atom. The van der Waals surface area contributed by atoms with E-state index in [0.717, 1.165) is 17.0 Å². The van der Waals surface area contributed by atoms with Crippen LogP contribution < -0.4 is 11.1 Å². The Kier molecular flexibility index (Phi) is 4.82. The molecule has 3 N–H and O–H groups in total. The molecule has 1 aromatic carbocycles. The summed E-state index contributed by atoms with van der Waals surface area (Å²) < 4.78 is 5.26. The first-order valence-corrected chi connectivity index (χ1v) is 6.79. The first kappa shape index (κ1) is 14.2. The number of furan rings is 1. The van der Waals surface area contributed by atoms with Crippen molar-refractivity contribution in [2.75, 3.05) is 5.73 Å². The molecule has 0 aliphatic rings. The summed E-state index contributed by atoms with van der Waals surface area (Å²) in [4.78, 5) is 11.9. The largest absolute Gasteiger partial charge is 0.469 e. The number of benzene rings is 1. The second-order valence-electron chi connectivity index (χ2n) is 5.00. The number of aryl methyl sites for hydroxylation is 1. The molecule has 20 heavy (non-hydrogen) atoms. The van der Waals surface area contributed by atoms with E-state index in [1.54, 1.807) is 6.26 Å². The van der Waals surface area contributed by atoms with E-state index >= 15 is 0 Å². The molecule has 0 fully saturated rings. The van der Waals surface area contributed by atoms with Crippen LogP contribution in [0.2, 0.25) is 0 Å². The van der Waals surface area contributed by atoms with E-state index in [1.807, 2.05) is 43.3 Å². The molecule has 4 nitrogen and oxygen atoms in total. The molecule has 1 aromatic heterocycles. The minimum atomic E-state index is 0.0477. The van der Waals surface area contributed by atoms with Crippen molar-refractivity contribution < 1.29 is 9.21 Å². The molecule has 4 heteroatoms. The number of amides is 1. The first-order valence-electron chi connectivity index (χ1n) is 6.79. The Hall–Kier alpha value is -2.23. The van der Waals surface area contributed by atoms with Crippen LogP contribution in [0.3, 0.4) is 0 Å². The number of hydrogen-bond acceptors (Lipinski definition) is 3. The number of rotatable bonds is 6. The zero-order valence-corrected chi connectivity index (χ0v) is 11.6. The van der Waals surface area contributed by atoms with Gasteiger partial charge in [0.25, 0.3) is 0 Å². The highest BCUT2D eigenvalue weighted by Crippen LogP contribution is 2.09. The summed E-state index contributed by atoms with van der Waals surface area (Å²) in [5.41, 5.74) is 7.52. The van der Waals surface area contributed by atoms with Crippen molar-refractivity contribution in [3.63, 3.8) is 0 Å². The molecule has 0 saturated carbocycles. The summed E-state index contributed by atoms with van der Waals surface area (Å²) in [5, 5.41) is 2.97. The molecule has 0 bridgehead atoms. The van der Waals surface area contributed by atoms with E-state index in [4.69, 9.17) is 10.2 Å². The van der Waals surface area contributed by atoms with Crippen LogP contribution in [0.5, 0.6) is 0 Å². The van der Waals surface area contributed by atoms with Gasteiger partial charge in [0.1, 0.15) is 5.76 Å². The Morgan fingerprint density at radius 1 is 1.35 bits per heavy atom. The van der Waals surface area contributed by atoms with Gasteiger partial charge in [-0.15, -0.1) is 0 Å². The average molecular weight is 272 g/mol. The molecule has 2 aromatic rings. The lowest BCUT2D eigenvalue weighted by Gasteiger charge is -2.12. The maximum atomic E-state index is 11.9. The molecule has 0 aliphatic carbocycles. The van der Waals surface area contributed by atoms with Crippen LogP contribution in [0.1, 0.15) is 24.7 Å². The van der Waals surface area contributed by atoms with Crippen molar-refractivity contribution in [1.29, 1.82) is 0 Å². The molecule has 0 saturated heterocycles. The monoisotopic (exact) mass is 272 g/mol. The third kappa shape index (κ3) is 4.46. The third-order valence-corrected chi connectivity index (χ3v) is 3.09. The van der Waals surface area contributed by atoms with Gasteiger partial charge in [-0.2, -0.15) is 0 Å². The van der Waals surface area contributed by atoms with Gasteiger partial charge < -0.3 is 15.5 Å². The van der Waals surface area contributed by atoms with E-state index in [-0.39, 0.29) is 11.9 Å². The van der Waals surface area contributed by atoms with Gasteiger partial charge in [-0.3, -0.25) is 4.79 Å². The summed E-state index contributed by atoms with van der Waals surface area (Å²) in [7, 11) is 0. The maximum absolute atomic E-state index is 11.9. The summed E-state index contributed by atoms with van der Waals surface area (Å²) >= 11 is 0. The summed E-state index contributed by atoms with van der Waals surface area (Å²) in [6.07, 6.45) is 3.51. The summed E-state index contributed by atoms with van der Waals surface area (Å²) in [5.74, 6) is 0.931. The minimum Gasteiger partial charge on any atom is -0.469 e. The van der Waals surface area contributed by atoms with Crippen LogP contribution in [-0.4, -0.2) is 11.9 Å². The van der Waals surface area contributed by atoms with Crippen molar-refractivity contribution in [3.05, 3.63) is 54.0 Å². The highest BCUT2D eigenvalue weighted by molar-refractivity contribution is 5.76. The number of nitrogen functional groups attached to an aromatic ring is 1. The van der Waals surface area contributed by atoms with E-state index in [9.17, 15) is 4.79 Å². The topological polar surface area (TPSA) is 68.3 Å². The maximum Gasteiger partial charge on any atom is 0.220 e. The molecule has 0 aliphatic heterocycles. The van der Waals surface area contributed by atoms with Gasteiger partial charge in [0.2, 0.25) is 5.91 Å². The standard InChI is InChI=1S/C16H20N2O2/c1-12(10-15-6-3-9-20-15)18-16(19)8-7-13-4-2-5-14(17)11-13/h2-6,9,11-12H,7-8,10,17H2,1H3,(H,18,19). The van der Waals surface area contributed by atoms with Crippen molar-refractivity contribution in [3.8, 4) is 0 Å². The van der Waals surface area contributed by atoms with Crippen LogP contribution in [0.25, 0.3) is 0 Å². The summed E-state index contributed by atoms with van der Waals surface area (Å²) in [6, 6.07) is 11.5. The van der Waals surface area contributed by atoms with E-state index in [1.165, 1.54) is 0 Å². The SMILES string of the molecule is CC(Cc1ccco1)NC(=O)CCc1cccc(N)c1. The number of carbonyl (C=O) groups is 1. The molecule has 1 amide bonds. The zero-order valence-electron chi connectivity index (χ0n) is 11.6. The molecule has 0 spiro atoms. The quantitative estimate of drug-likeness (QED) is 0.794. The van der Waals surface area contributed by atoms with Crippen LogP contribution in [0.4, 0.5) is 5.69 Å². The molecule has 1 atom stereocenters. The molecule has 1 unspecified atom stereocenters. The van der Waals surface area contributed by atoms with Gasteiger partial charge in [-0.1, -0.05) is 12.1 Å². The number of nitrogens with one attached hydrogen (secondary N) is 1. The lowest BCUT2D eigenvalue weighted by molar-refractivity contribution is -0.121. The Labute approximate surface area is 119 Å². The predicted molar refractivity (Wildman–Crippen MR) is 79.2 cm³/mol. The number of hydrogen-bond donors (Lipinski definition) is 2. The molecular formula is C16H20N2O2.